The van der Waals surface area contributed by atoms with Gasteiger partial charge in [0.1, 0.15) is 5.52 Å². The van der Waals surface area contributed by atoms with Crippen LogP contribution in [-0.2, 0) is 0 Å². The van der Waals surface area contributed by atoms with Gasteiger partial charge in [-0.3, -0.25) is 0 Å². The number of aromatic nitrogens is 3. The van der Waals surface area contributed by atoms with Gasteiger partial charge in [-0.2, -0.15) is 0 Å². The summed E-state index contributed by atoms with van der Waals surface area (Å²) in [5, 5.41) is 17.4. The van der Waals surface area contributed by atoms with Gasteiger partial charge in [0.05, 0.1) is 17.1 Å². The zero-order valence-electron chi connectivity index (χ0n) is 11.2. The summed E-state index contributed by atoms with van der Waals surface area (Å²) in [7, 11) is 0. The molecule has 0 saturated heterocycles. The third-order valence-corrected chi connectivity index (χ3v) is 3.98. The zero-order chi connectivity index (χ0) is 15.0. The van der Waals surface area contributed by atoms with E-state index in [1.54, 1.807) is 10.7 Å². The van der Waals surface area contributed by atoms with Gasteiger partial charge in [0.25, 0.3) is 0 Å². The van der Waals surface area contributed by atoms with Crippen LogP contribution < -0.4 is 0 Å². The van der Waals surface area contributed by atoms with Crippen LogP contribution >= 0.6 is 15.9 Å². The molecule has 5 nitrogen and oxygen atoms in total. The van der Waals surface area contributed by atoms with Gasteiger partial charge in [-0.1, -0.05) is 39.3 Å². The third kappa shape index (κ3) is 2.42. The number of hydrogen-bond acceptors (Lipinski definition) is 3. The van der Waals surface area contributed by atoms with Crippen LogP contribution in [-0.4, -0.2) is 26.1 Å². The minimum atomic E-state index is -0.996. The minimum Gasteiger partial charge on any atom is -0.478 e. The highest BCUT2D eigenvalue weighted by Gasteiger charge is 2.17. The normalized spacial score (nSPS) is 12.5. The lowest BCUT2D eigenvalue weighted by molar-refractivity contribution is 0.0699. The second-order valence-electron chi connectivity index (χ2n) is 4.74. The average Bonchev–Trinajstić information content (AvgIpc) is 2.90. The van der Waals surface area contributed by atoms with Gasteiger partial charge in [0, 0.05) is 4.47 Å². The van der Waals surface area contributed by atoms with Crippen LogP contribution in [0.4, 0.5) is 0 Å². The first-order chi connectivity index (χ1) is 10.1. The highest BCUT2D eigenvalue weighted by molar-refractivity contribution is 9.10. The molecule has 0 spiro atoms. The van der Waals surface area contributed by atoms with Crippen LogP contribution in [0.5, 0.6) is 0 Å². The van der Waals surface area contributed by atoms with Gasteiger partial charge in [-0.05, 0) is 36.8 Å². The summed E-state index contributed by atoms with van der Waals surface area (Å²) in [4.78, 5) is 11.2. The molecule has 0 aliphatic carbocycles. The lowest BCUT2D eigenvalue weighted by Crippen LogP contribution is -2.08. The van der Waals surface area contributed by atoms with Crippen LogP contribution in [0.2, 0.25) is 0 Å². The van der Waals surface area contributed by atoms with Crippen LogP contribution in [0.25, 0.3) is 11.0 Å². The van der Waals surface area contributed by atoms with E-state index in [1.165, 1.54) is 6.07 Å². The monoisotopic (exact) mass is 345 g/mol. The highest BCUT2D eigenvalue weighted by atomic mass is 79.9. The van der Waals surface area contributed by atoms with E-state index < -0.39 is 5.97 Å². The van der Waals surface area contributed by atoms with Crippen molar-refractivity contribution in [2.45, 2.75) is 13.0 Å². The van der Waals surface area contributed by atoms with Crippen LogP contribution in [0.3, 0.4) is 0 Å². The molecule has 6 heteroatoms. The van der Waals surface area contributed by atoms with Crippen molar-refractivity contribution < 1.29 is 9.90 Å². The number of halogens is 1. The Balaban J connectivity index is 2.11. The Morgan fingerprint density at radius 2 is 1.95 bits per heavy atom. The fourth-order valence-corrected chi connectivity index (χ4v) is 2.57. The lowest BCUT2D eigenvalue weighted by Gasteiger charge is -2.13. The summed E-state index contributed by atoms with van der Waals surface area (Å²) in [6.45, 7) is 2.00. The van der Waals surface area contributed by atoms with Crippen LogP contribution in [0.1, 0.15) is 28.9 Å². The maximum atomic E-state index is 11.2. The maximum absolute atomic E-state index is 11.2. The highest BCUT2D eigenvalue weighted by Crippen LogP contribution is 2.24. The molecule has 0 radical (unpaired) electrons. The van der Waals surface area contributed by atoms with Gasteiger partial charge in [-0.15, -0.1) is 5.10 Å². The summed E-state index contributed by atoms with van der Waals surface area (Å²) < 4.78 is 2.75. The van der Waals surface area contributed by atoms with Gasteiger partial charge in [0.2, 0.25) is 0 Å². The van der Waals surface area contributed by atoms with Crippen molar-refractivity contribution in [2.75, 3.05) is 0 Å². The van der Waals surface area contributed by atoms with E-state index in [0.29, 0.717) is 11.0 Å². The van der Waals surface area contributed by atoms with Crippen molar-refractivity contribution >= 4 is 32.9 Å². The third-order valence-electron chi connectivity index (χ3n) is 3.45. The predicted molar refractivity (Wildman–Crippen MR) is 82.4 cm³/mol. The zero-order valence-corrected chi connectivity index (χ0v) is 12.8. The molecule has 1 aromatic heterocycles. The largest absolute Gasteiger partial charge is 0.478 e. The molecule has 0 aliphatic rings. The van der Waals surface area contributed by atoms with Crippen LogP contribution in [0.15, 0.2) is 46.9 Å². The number of nitrogens with zero attached hydrogens (tertiary/aromatic N) is 3. The van der Waals surface area contributed by atoms with Crippen molar-refractivity contribution in [1.29, 1.82) is 0 Å². The first-order valence-corrected chi connectivity index (χ1v) is 7.20. The Hall–Kier alpha value is -2.21. The summed E-state index contributed by atoms with van der Waals surface area (Å²) in [5.41, 5.74) is 2.37. The first kappa shape index (κ1) is 13.8. The standard InChI is InChI=1S/C15H12BrN3O2/c1-9(10-5-7-11(16)8-6-10)19-13-4-2-3-12(15(20)21)14(13)17-18-19/h2-9H,1H3,(H,20,21). The van der Waals surface area contributed by atoms with Crippen molar-refractivity contribution in [2.24, 2.45) is 0 Å². The number of benzene rings is 2. The van der Waals surface area contributed by atoms with Crippen molar-refractivity contribution in [1.82, 2.24) is 15.0 Å². The molecular weight excluding hydrogens is 334 g/mol. The maximum Gasteiger partial charge on any atom is 0.338 e. The Labute approximate surface area is 129 Å². The molecule has 3 rings (SSSR count). The Morgan fingerprint density at radius 1 is 1.24 bits per heavy atom. The Bertz CT molecular complexity index is 811. The van der Waals surface area contributed by atoms with E-state index in [1.807, 2.05) is 37.3 Å². The van der Waals surface area contributed by atoms with Gasteiger partial charge in [-0.25, -0.2) is 9.48 Å². The molecule has 1 N–H and O–H groups in total. The summed E-state index contributed by atoms with van der Waals surface area (Å²) >= 11 is 3.41. The molecule has 0 amide bonds. The quantitative estimate of drug-likeness (QED) is 0.788. The second kappa shape index (κ2) is 5.29. The topological polar surface area (TPSA) is 68.0 Å². The molecule has 3 aromatic rings. The van der Waals surface area contributed by atoms with E-state index in [2.05, 4.69) is 26.2 Å². The van der Waals surface area contributed by atoms with Crippen molar-refractivity contribution in [3.63, 3.8) is 0 Å². The number of fused-ring (bicyclic) bond motifs is 1. The predicted octanol–water partition coefficient (Wildman–Crippen LogP) is 3.50. The molecule has 1 atom stereocenters. The van der Waals surface area contributed by atoms with E-state index in [-0.39, 0.29) is 11.6 Å². The molecule has 1 heterocycles. The van der Waals surface area contributed by atoms with E-state index in [9.17, 15) is 9.90 Å². The van der Waals surface area contributed by atoms with Gasteiger partial charge < -0.3 is 5.11 Å². The number of rotatable bonds is 3. The van der Waals surface area contributed by atoms with E-state index >= 15 is 0 Å². The molecule has 0 fully saturated rings. The molecule has 106 valence electrons. The number of carboxylic acids is 1. The minimum absolute atomic E-state index is 0.0351. The van der Waals surface area contributed by atoms with Crippen molar-refractivity contribution in [3.05, 3.63) is 58.1 Å². The molecular formula is C15H12BrN3O2. The number of carboxylic acid groups (broad SMARTS) is 1. The molecule has 2 aromatic carbocycles. The fourth-order valence-electron chi connectivity index (χ4n) is 2.30. The number of carbonyl (C=O) groups is 1. The molecule has 0 aliphatic heterocycles. The number of aromatic carboxylic acids is 1. The van der Waals surface area contributed by atoms with Gasteiger partial charge in [0.15, 0.2) is 0 Å². The summed E-state index contributed by atoms with van der Waals surface area (Å²) in [6, 6.07) is 13.0. The molecule has 1 unspecified atom stereocenters. The summed E-state index contributed by atoms with van der Waals surface area (Å²) in [5.74, 6) is -0.996. The Kier molecular flexibility index (Phi) is 3.47. The summed E-state index contributed by atoms with van der Waals surface area (Å²) in [6.07, 6.45) is 0. The fraction of sp³-hybridized carbons (Fsp3) is 0.133. The number of hydrogen-bond donors (Lipinski definition) is 1. The Morgan fingerprint density at radius 3 is 2.62 bits per heavy atom. The second-order valence-corrected chi connectivity index (χ2v) is 5.66. The van der Waals surface area contributed by atoms with Gasteiger partial charge >= 0.3 is 5.97 Å². The van der Waals surface area contributed by atoms with E-state index in [0.717, 1.165) is 10.0 Å². The SMILES string of the molecule is CC(c1ccc(Br)cc1)n1nnc2c(C(=O)O)cccc21. The van der Waals surface area contributed by atoms with E-state index in [4.69, 9.17) is 0 Å². The average molecular weight is 346 g/mol. The molecule has 21 heavy (non-hydrogen) atoms. The van der Waals surface area contributed by atoms with Crippen molar-refractivity contribution in [3.8, 4) is 0 Å². The van der Waals surface area contributed by atoms with Crippen LogP contribution in [0, 0.1) is 0 Å². The smallest absolute Gasteiger partial charge is 0.338 e. The molecule has 0 bridgehead atoms. The first-order valence-electron chi connectivity index (χ1n) is 6.40. The molecule has 0 saturated carbocycles. The lowest BCUT2D eigenvalue weighted by atomic mass is 10.1.